The van der Waals surface area contributed by atoms with Crippen LogP contribution < -0.4 is 0 Å². The fourth-order valence-electron chi connectivity index (χ4n) is 7.11. The number of fused-ring (bicyclic) bond motifs is 12. The van der Waals surface area contributed by atoms with E-state index in [1.54, 1.807) is 0 Å². The van der Waals surface area contributed by atoms with Crippen LogP contribution in [0.4, 0.5) is 0 Å². The Morgan fingerprint density at radius 1 is 1.17 bits per heavy atom. The minimum absolute atomic E-state index is 0.000793. The summed E-state index contributed by atoms with van der Waals surface area (Å²) in [6.07, 6.45) is 4.45. The zero-order chi connectivity index (χ0) is 15.9. The van der Waals surface area contributed by atoms with Crippen LogP contribution in [0.25, 0.3) is 0 Å². The number of carbonyl (C=O) groups excluding carboxylic acids is 2. The van der Waals surface area contributed by atoms with Crippen molar-refractivity contribution in [1.29, 1.82) is 0 Å². The summed E-state index contributed by atoms with van der Waals surface area (Å²) in [7, 11) is 0. The third-order valence-electron chi connectivity index (χ3n) is 8.05. The lowest BCUT2D eigenvalue weighted by atomic mass is 9.63. The van der Waals surface area contributed by atoms with Gasteiger partial charge in [-0.15, -0.1) is 0 Å². The summed E-state index contributed by atoms with van der Waals surface area (Å²) in [6, 6.07) is 0. The summed E-state index contributed by atoms with van der Waals surface area (Å²) >= 11 is 0. The molecular weight excluding hydrogens is 292 g/mol. The first-order chi connectivity index (χ1) is 11.1. The van der Waals surface area contributed by atoms with Gasteiger partial charge >= 0.3 is 11.9 Å². The Bertz CT molecular complexity index is 558. The second kappa shape index (κ2) is 4.73. The Morgan fingerprint density at radius 3 is 2.78 bits per heavy atom. The predicted molar refractivity (Wildman–Crippen MR) is 82.1 cm³/mol. The average molecular weight is 318 g/mol. The molecule has 1 saturated heterocycles. The minimum atomic E-state index is -0.0251. The second-order valence-electron chi connectivity index (χ2n) is 8.72. The van der Waals surface area contributed by atoms with Crippen LogP contribution in [0.2, 0.25) is 0 Å². The van der Waals surface area contributed by atoms with E-state index in [4.69, 9.17) is 9.47 Å². The van der Waals surface area contributed by atoms with Crippen molar-refractivity contribution in [1.82, 2.24) is 0 Å². The van der Waals surface area contributed by atoms with Gasteiger partial charge in [0.05, 0.1) is 18.4 Å². The van der Waals surface area contributed by atoms with Gasteiger partial charge in [0.1, 0.15) is 6.10 Å². The molecule has 10 unspecified atom stereocenters. The van der Waals surface area contributed by atoms with Crippen LogP contribution in [0.5, 0.6) is 0 Å². The third kappa shape index (κ3) is 1.73. The molecule has 5 aliphatic rings. The number of carbonyl (C=O) groups is 2. The molecule has 10 atom stereocenters. The van der Waals surface area contributed by atoms with Gasteiger partial charge in [0.15, 0.2) is 0 Å². The quantitative estimate of drug-likeness (QED) is 0.593. The molecule has 0 N–H and O–H groups in total. The van der Waals surface area contributed by atoms with Crippen LogP contribution in [0.1, 0.15) is 39.5 Å². The van der Waals surface area contributed by atoms with Crippen molar-refractivity contribution in [3.05, 3.63) is 0 Å². The molecule has 23 heavy (non-hydrogen) atoms. The number of rotatable bonds is 3. The first kappa shape index (κ1) is 14.3. The molecule has 4 aliphatic carbocycles. The summed E-state index contributed by atoms with van der Waals surface area (Å²) in [4.78, 5) is 24.3. The molecule has 4 saturated carbocycles. The van der Waals surface area contributed by atoms with Crippen LogP contribution in [-0.2, 0) is 19.1 Å². The predicted octanol–water partition coefficient (Wildman–Crippen LogP) is 2.66. The van der Waals surface area contributed by atoms with Gasteiger partial charge < -0.3 is 9.47 Å². The minimum Gasteiger partial charge on any atom is -0.465 e. The van der Waals surface area contributed by atoms with E-state index in [1.165, 1.54) is 12.8 Å². The third-order valence-corrected chi connectivity index (χ3v) is 8.05. The highest BCUT2D eigenvalue weighted by Crippen LogP contribution is 2.71. The highest BCUT2D eigenvalue weighted by Gasteiger charge is 2.70. The van der Waals surface area contributed by atoms with Crippen molar-refractivity contribution < 1.29 is 19.1 Å². The standard InChI is InChI=1S/C19H26O4/c1-3-8(2)18(20)23-14-5-9-4-11(14)16-12-6-10(15(9)16)13-7-22-19(21)17(12)13/h8-17H,3-7H2,1-2H3. The molecule has 5 rings (SSSR count). The zero-order valence-electron chi connectivity index (χ0n) is 13.9. The summed E-state index contributed by atoms with van der Waals surface area (Å²) in [5.74, 6) is 4.49. The van der Waals surface area contributed by atoms with Crippen molar-refractivity contribution >= 4 is 11.9 Å². The molecule has 4 nitrogen and oxygen atoms in total. The molecule has 1 aliphatic heterocycles. The maximum Gasteiger partial charge on any atom is 0.309 e. The Hall–Kier alpha value is -1.06. The maximum atomic E-state index is 12.2. The monoisotopic (exact) mass is 318 g/mol. The van der Waals surface area contributed by atoms with Gasteiger partial charge in [0.25, 0.3) is 0 Å². The average Bonchev–Trinajstić information content (AvgIpc) is 3.29. The summed E-state index contributed by atoms with van der Waals surface area (Å²) < 4.78 is 11.3. The van der Waals surface area contributed by atoms with E-state index in [-0.39, 0.29) is 29.9 Å². The van der Waals surface area contributed by atoms with Crippen molar-refractivity contribution in [2.45, 2.75) is 45.6 Å². The highest BCUT2D eigenvalue weighted by molar-refractivity contribution is 5.76. The molecule has 4 heteroatoms. The molecule has 126 valence electrons. The van der Waals surface area contributed by atoms with Crippen LogP contribution in [0, 0.1) is 53.3 Å². The molecule has 0 amide bonds. The van der Waals surface area contributed by atoms with Crippen molar-refractivity contribution in [3.63, 3.8) is 0 Å². The van der Waals surface area contributed by atoms with Crippen LogP contribution in [0.15, 0.2) is 0 Å². The number of cyclic esters (lactones) is 1. The van der Waals surface area contributed by atoms with Gasteiger partial charge in [-0.25, -0.2) is 0 Å². The van der Waals surface area contributed by atoms with E-state index in [1.807, 2.05) is 13.8 Å². The normalized spacial score (nSPS) is 53.1. The van der Waals surface area contributed by atoms with E-state index in [2.05, 4.69) is 0 Å². The van der Waals surface area contributed by atoms with Crippen LogP contribution in [-0.4, -0.2) is 24.6 Å². The van der Waals surface area contributed by atoms with Crippen molar-refractivity contribution in [2.75, 3.05) is 6.61 Å². The van der Waals surface area contributed by atoms with Gasteiger partial charge in [-0.05, 0) is 61.2 Å². The summed E-state index contributed by atoms with van der Waals surface area (Å²) in [5.41, 5.74) is 0. The Labute approximate surface area is 137 Å². The fourth-order valence-corrected chi connectivity index (χ4v) is 7.11. The zero-order valence-corrected chi connectivity index (χ0v) is 13.9. The molecule has 0 aromatic carbocycles. The summed E-state index contributed by atoms with van der Waals surface area (Å²) in [6.45, 7) is 4.65. The van der Waals surface area contributed by atoms with E-state index in [0.717, 1.165) is 18.8 Å². The number of hydrogen-bond acceptors (Lipinski definition) is 4. The molecule has 0 radical (unpaired) electrons. The number of ether oxygens (including phenoxy) is 2. The fraction of sp³-hybridized carbons (Fsp3) is 0.895. The van der Waals surface area contributed by atoms with E-state index in [9.17, 15) is 9.59 Å². The Kier molecular flexibility index (Phi) is 2.94. The molecule has 0 aromatic rings. The Morgan fingerprint density at radius 2 is 2.00 bits per heavy atom. The Balaban J connectivity index is 1.36. The van der Waals surface area contributed by atoms with Gasteiger partial charge in [-0.1, -0.05) is 13.8 Å². The lowest BCUT2D eigenvalue weighted by Gasteiger charge is -2.41. The van der Waals surface area contributed by atoms with Gasteiger partial charge in [-0.2, -0.15) is 0 Å². The number of esters is 2. The van der Waals surface area contributed by atoms with Crippen LogP contribution >= 0.6 is 0 Å². The van der Waals surface area contributed by atoms with Gasteiger partial charge in [0.2, 0.25) is 0 Å². The smallest absolute Gasteiger partial charge is 0.309 e. The molecular formula is C19H26O4. The molecule has 4 bridgehead atoms. The lowest BCUT2D eigenvalue weighted by Crippen LogP contribution is -2.43. The topological polar surface area (TPSA) is 52.6 Å². The first-order valence-corrected chi connectivity index (χ1v) is 9.47. The molecule has 1 heterocycles. The van der Waals surface area contributed by atoms with Gasteiger partial charge in [-0.3, -0.25) is 9.59 Å². The van der Waals surface area contributed by atoms with Gasteiger partial charge in [0, 0.05) is 5.92 Å². The molecule has 5 fully saturated rings. The van der Waals surface area contributed by atoms with E-state index in [0.29, 0.717) is 42.1 Å². The van der Waals surface area contributed by atoms with Crippen molar-refractivity contribution in [3.8, 4) is 0 Å². The van der Waals surface area contributed by atoms with Crippen LogP contribution in [0.3, 0.4) is 0 Å². The van der Waals surface area contributed by atoms with E-state index >= 15 is 0 Å². The first-order valence-electron chi connectivity index (χ1n) is 9.47. The second-order valence-corrected chi connectivity index (χ2v) is 8.72. The maximum absolute atomic E-state index is 12.2. The van der Waals surface area contributed by atoms with E-state index < -0.39 is 0 Å². The SMILES string of the molecule is CCC(C)C(=O)OC1CC2CC1C1C3CC(C4COC(=O)C43)C21. The summed E-state index contributed by atoms with van der Waals surface area (Å²) in [5, 5.41) is 0. The molecule has 0 aromatic heterocycles. The highest BCUT2D eigenvalue weighted by atomic mass is 16.5. The largest absolute Gasteiger partial charge is 0.465 e. The number of hydrogen-bond donors (Lipinski definition) is 0. The van der Waals surface area contributed by atoms with Crippen molar-refractivity contribution in [2.24, 2.45) is 53.3 Å². The molecule has 0 spiro atoms. The lowest BCUT2D eigenvalue weighted by molar-refractivity contribution is -0.159.